The van der Waals surface area contributed by atoms with Crippen molar-refractivity contribution in [2.24, 2.45) is 10.9 Å². The number of carbonyl (C=O) groups excluding carboxylic acids is 1. The molecule has 1 aromatic carbocycles. The standard InChI is InChI=1S/C8H7F2N3O2/c9-5-2-1-4(3-6(5)10)12-8(14)7(11)13-15/h1-3,15H,(H2,11,13)(H,12,14). The van der Waals surface area contributed by atoms with Crippen LogP contribution in [0.4, 0.5) is 14.5 Å². The van der Waals surface area contributed by atoms with Gasteiger partial charge in [0.15, 0.2) is 11.6 Å². The van der Waals surface area contributed by atoms with E-state index in [0.717, 1.165) is 18.2 Å². The quantitative estimate of drug-likeness (QED) is 0.278. The number of anilines is 1. The summed E-state index contributed by atoms with van der Waals surface area (Å²) in [6, 6.07) is 2.76. The van der Waals surface area contributed by atoms with Crippen molar-refractivity contribution < 1.29 is 18.8 Å². The van der Waals surface area contributed by atoms with Gasteiger partial charge in [0.05, 0.1) is 0 Å². The third-order valence-electron chi connectivity index (χ3n) is 1.52. The van der Waals surface area contributed by atoms with E-state index >= 15 is 0 Å². The molecule has 0 radical (unpaired) electrons. The number of carbonyl (C=O) groups is 1. The summed E-state index contributed by atoms with van der Waals surface area (Å²) in [6.45, 7) is 0. The molecule has 0 fully saturated rings. The van der Waals surface area contributed by atoms with Crippen LogP contribution < -0.4 is 11.1 Å². The molecule has 80 valence electrons. The first-order valence-corrected chi connectivity index (χ1v) is 3.78. The first kappa shape index (κ1) is 10.9. The molecule has 0 unspecified atom stereocenters. The van der Waals surface area contributed by atoms with E-state index in [9.17, 15) is 13.6 Å². The molecule has 5 nitrogen and oxygen atoms in total. The number of nitrogens with zero attached hydrogens (tertiary/aromatic N) is 1. The van der Waals surface area contributed by atoms with Crippen molar-refractivity contribution in [2.45, 2.75) is 0 Å². The van der Waals surface area contributed by atoms with Gasteiger partial charge in [0.2, 0.25) is 5.84 Å². The van der Waals surface area contributed by atoms with Crippen LogP contribution >= 0.6 is 0 Å². The fraction of sp³-hybridized carbons (Fsp3) is 0. The first-order valence-electron chi connectivity index (χ1n) is 3.78. The molecule has 0 saturated heterocycles. The van der Waals surface area contributed by atoms with Gasteiger partial charge in [0.25, 0.3) is 5.91 Å². The summed E-state index contributed by atoms with van der Waals surface area (Å²) in [7, 11) is 0. The number of halogens is 2. The highest BCUT2D eigenvalue weighted by atomic mass is 19.2. The van der Waals surface area contributed by atoms with Crippen LogP contribution in [0.25, 0.3) is 0 Å². The summed E-state index contributed by atoms with van der Waals surface area (Å²) in [5, 5.41) is 12.7. The molecule has 0 atom stereocenters. The number of amides is 1. The van der Waals surface area contributed by atoms with Gasteiger partial charge in [0, 0.05) is 11.8 Å². The molecular weight excluding hydrogens is 208 g/mol. The van der Waals surface area contributed by atoms with E-state index in [2.05, 4.69) is 10.5 Å². The lowest BCUT2D eigenvalue weighted by atomic mass is 10.3. The highest BCUT2D eigenvalue weighted by molar-refractivity contribution is 6.41. The Bertz CT molecular complexity index is 420. The Kier molecular flexibility index (Phi) is 3.17. The molecule has 0 bridgehead atoms. The van der Waals surface area contributed by atoms with Crippen molar-refractivity contribution in [3.63, 3.8) is 0 Å². The second-order valence-corrected chi connectivity index (χ2v) is 2.57. The molecule has 1 aromatic rings. The third-order valence-corrected chi connectivity index (χ3v) is 1.52. The normalized spacial score (nSPS) is 11.2. The average Bonchev–Trinajstić information content (AvgIpc) is 2.22. The number of hydrogen-bond donors (Lipinski definition) is 3. The maximum absolute atomic E-state index is 12.7. The maximum atomic E-state index is 12.7. The fourth-order valence-corrected chi connectivity index (χ4v) is 0.814. The molecule has 15 heavy (non-hydrogen) atoms. The molecule has 0 spiro atoms. The van der Waals surface area contributed by atoms with Crippen LogP contribution in [-0.4, -0.2) is 17.0 Å². The topological polar surface area (TPSA) is 87.7 Å². The van der Waals surface area contributed by atoms with Gasteiger partial charge >= 0.3 is 0 Å². The SMILES string of the molecule is N/C(=N/O)C(=O)Nc1ccc(F)c(F)c1. The Hall–Kier alpha value is -2.18. The predicted molar refractivity (Wildman–Crippen MR) is 48.4 cm³/mol. The Balaban J connectivity index is 2.82. The van der Waals surface area contributed by atoms with Crippen molar-refractivity contribution in [3.05, 3.63) is 29.8 Å². The van der Waals surface area contributed by atoms with Gasteiger partial charge in [0.1, 0.15) is 0 Å². The summed E-state index contributed by atoms with van der Waals surface area (Å²) in [4.78, 5) is 11.0. The van der Waals surface area contributed by atoms with Gasteiger partial charge in [-0.05, 0) is 12.1 Å². The van der Waals surface area contributed by atoms with E-state index < -0.39 is 23.4 Å². The van der Waals surface area contributed by atoms with Crippen LogP contribution in [-0.2, 0) is 4.79 Å². The Labute approximate surface area is 83.2 Å². The van der Waals surface area contributed by atoms with Gasteiger partial charge in [-0.15, -0.1) is 0 Å². The van der Waals surface area contributed by atoms with Gasteiger partial charge in [-0.3, -0.25) is 4.79 Å². The number of rotatable bonds is 1. The first-order chi connectivity index (χ1) is 7.04. The van der Waals surface area contributed by atoms with E-state index in [1.165, 1.54) is 0 Å². The van der Waals surface area contributed by atoms with Crippen molar-refractivity contribution in [1.82, 2.24) is 0 Å². The lowest BCUT2D eigenvalue weighted by Crippen LogP contribution is -2.30. The van der Waals surface area contributed by atoms with Gasteiger partial charge in [-0.2, -0.15) is 0 Å². The zero-order valence-electron chi connectivity index (χ0n) is 7.37. The number of oxime groups is 1. The molecule has 0 aliphatic carbocycles. The lowest BCUT2D eigenvalue weighted by molar-refractivity contribution is -0.110. The van der Waals surface area contributed by atoms with E-state index in [0.29, 0.717) is 0 Å². The van der Waals surface area contributed by atoms with Crippen molar-refractivity contribution >= 4 is 17.4 Å². The van der Waals surface area contributed by atoms with Crippen LogP contribution in [0.5, 0.6) is 0 Å². The summed E-state index contributed by atoms with van der Waals surface area (Å²) in [5.74, 6) is -3.73. The minimum absolute atomic E-state index is 0.00509. The zero-order chi connectivity index (χ0) is 11.4. The van der Waals surface area contributed by atoms with Crippen LogP contribution in [0.3, 0.4) is 0 Å². The Morgan fingerprint density at radius 3 is 2.60 bits per heavy atom. The van der Waals surface area contributed by atoms with Crippen LogP contribution in [0.1, 0.15) is 0 Å². The van der Waals surface area contributed by atoms with Crippen molar-refractivity contribution in [2.75, 3.05) is 5.32 Å². The van der Waals surface area contributed by atoms with Crippen molar-refractivity contribution in [1.29, 1.82) is 0 Å². The molecule has 1 amide bonds. The smallest absolute Gasteiger partial charge is 0.294 e. The second kappa shape index (κ2) is 4.36. The summed E-state index contributed by atoms with van der Waals surface area (Å²) in [5.41, 5.74) is 4.96. The van der Waals surface area contributed by atoms with Crippen LogP contribution in [0.2, 0.25) is 0 Å². The lowest BCUT2D eigenvalue weighted by Gasteiger charge is -2.03. The van der Waals surface area contributed by atoms with E-state index in [1.807, 2.05) is 0 Å². The highest BCUT2D eigenvalue weighted by Gasteiger charge is 2.09. The second-order valence-electron chi connectivity index (χ2n) is 2.57. The molecule has 0 saturated carbocycles. The van der Waals surface area contributed by atoms with Gasteiger partial charge in [-0.1, -0.05) is 5.16 Å². The molecule has 4 N–H and O–H groups in total. The summed E-state index contributed by atoms with van der Waals surface area (Å²) >= 11 is 0. The molecular formula is C8H7F2N3O2. The molecule has 0 aromatic heterocycles. The van der Waals surface area contributed by atoms with Crippen LogP contribution in [0, 0.1) is 11.6 Å². The molecule has 1 rings (SSSR count). The number of nitrogens with two attached hydrogens (primary N) is 1. The number of hydrogen-bond acceptors (Lipinski definition) is 3. The van der Waals surface area contributed by atoms with Gasteiger partial charge < -0.3 is 16.3 Å². The van der Waals surface area contributed by atoms with Gasteiger partial charge in [-0.25, -0.2) is 8.78 Å². The molecule has 0 aliphatic rings. The fourth-order valence-electron chi connectivity index (χ4n) is 0.814. The van der Waals surface area contributed by atoms with Crippen molar-refractivity contribution in [3.8, 4) is 0 Å². The highest BCUT2D eigenvalue weighted by Crippen LogP contribution is 2.12. The largest absolute Gasteiger partial charge is 0.409 e. The third kappa shape index (κ3) is 2.63. The molecule has 7 heteroatoms. The summed E-state index contributed by atoms with van der Waals surface area (Å²) < 4.78 is 25.2. The zero-order valence-corrected chi connectivity index (χ0v) is 7.37. The predicted octanol–water partition coefficient (Wildman–Crippen LogP) is 0.650. The Morgan fingerprint density at radius 2 is 2.07 bits per heavy atom. The van der Waals surface area contributed by atoms with Crippen LogP contribution in [0.15, 0.2) is 23.4 Å². The molecule has 0 heterocycles. The number of amidine groups is 1. The molecule has 0 aliphatic heterocycles. The monoisotopic (exact) mass is 215 g/mol. The number of nitrogens with one attached hydrogen (secondary N) is 1. The van der Waals surface area contributed by atoms with E-state index in [-0.39, 0.29) is 5.69 Å². The minimum atomic E-state index is -1.10. The van der Waals surface area contributed by atoms with E-state index in [1.54, 1.807) is 0 Å². The number of benzene rings is 1. The maximum Gasteiger partial charge on any atom is 0.294 e. The summed E-state index contributed by atoms with van der Waals surface area (Å²) in [6.07, 6.45) is 0. The average molecular weight is 215 g/mol. The minimum Gasteiger partial charge on any atom is -0.409 e. The van der Waals surface area contributed by atoms with E-state index in [4.69, 9.17) is 10.9 Å². The Morgan fingerprint density at radius 1 is 1.40 bits per heavy atom.